The summed E-state index contributed by atoms with van der Waals surface area (Å²) in [7, 11) is 0. The van der Waals surface area contributed by atoms with Gasteiger partial charge in [0.25, 0.3) is 0 Å². The van der Waals surface area contributed by atoms with E-state index in [1.54, 1.807) is 0 Å². The normalized spacial score (nSPS) is 10.9. The lowest BCUT2D eigenvalue weighted by atomic mass is 10.0. The minimum Gasteiger partial charge on any atom is -0.457 e. The van der Waals surface area contributed by atoms with E-state index >= 15 is 0 Å². The van der Waals surface area contributed by atoms with E-state index in [9.17, 15) is 0 Å². The molecule has 2 nitrogen and oxygen atoms in total. The highest BCUT2D eigenvalue weighted by molar-refractivity contribution is 5.35. The van der Waals surface area contributed by atoms with Crippen molar-refractivity contribution in [2.24, 2.45) is 0 Å². The van der Waals surface area contributed by atoms with E-state index in [-0.39, 0.29) is 0 Å². The van der Waals surface area contributed by atoms with Gasteiger partial charge < -0.3 is 10.1 Å². The second-order valence-electron chi connectivity index (χ2n) is 5.65. The van der Waals surface area contributed by atoms with Gasteiger partial charge in [0.05, 0.1) is 0 Å². The van der Waals surface area contributed by atoms with Gasteiger partial charge in [-0.3, -0.25) is 0 Å². The van der Waals surface area contributed by atoms with Gasteiger partial charge in [0.2, 0.25) is 0 Å². The average molecular weight is 283 g/mol. The van der Waals surface area contributed by atoms with Crippen LogP contribution in [0.15, 0.2) is 48.5 Å². The summed E-state index contributed by atoms with van der Waals surface area (Å²) in [6.07, 6.45) is 1.16. The monoisotopic (exact) mass is 283 g/mol. The Morgan fingerprint density at radius 1 is 0.905 bits per heavy atom. The molecule has 0 bridgehead atoms. The first-order chi connectivity index (χ1) is 10.2. The highest BCUT2D eigenvalue weighted by atomic mass is 16.5. The molecule has 0 unspecified atom stereocenters. The number of benzene rings is 2. The predicted octanol–water partition coefficient (Wildman–Crippen LogP) is 5.10. The lowest BCUT2D eigenvalue weighted by Gasteiger charge is -2.09. The fourth-order valence-electron chi connectivity index (χ4n) is 2.14. The maximum atomic E-state index is 5.87. The minimum absolute atomic E-state index is 0.550. The standard InChI is InChI=1S/C19H25NO/c1-4-13-20-14-16-5-9-18(10-6-16)21-19-11-7-17(8-12-19)15(2)3/h5-12,15,20H,4,13-14H2,1-3H3. The zero-order valence-electron chi connectivity index (χ0n) is 13.2. The van der Waals surface area contributed by atoms with Crippen molar-refractivity contribution in [3.05, 3.63) is 59.7 Å². The summed E-state index contributed by atoms with van der Waals surface area (Å²) in [6.45, 7) is 8.54. The molecule has 0 spiro atoms. The summed E-state index contributed by atoms with van der Waals surface area (Å²) in [5.41, 5.74) is 2.62. The molecule has 0 heterocycles. The van der Waals surface area contributed by atoms with Gasteiger partial charge in [-0.1, -0.05) is 45.0 Å². The van der Waals surface area contributed by atoms with E-state index in [1.165, 1.54) is 11.1 Å². The molecule has 0 aliphatic rings. The van der Waals surface area contributed by atoms with Crippen LogP contribution in [0, 0.1) is 0 Å². The first-order valence-corrected chi connectivity index (χ1v) is 7.76. The Balaban J connectivity index is 1.93. The van der Waals surface area contributed by atoms with Gasteiger partial charge in [-0.2, -0.15) is 0 Å². The smallest absolute Gasteiger partial charge is 0.127 e. The van der Waals surface area contributed by atoms with E-state index in [1.807, 2.05) is 24.3 Å². The average Bonchev–Trinajstić information content (AvgIpc) is 2.50. The van der Waals surface area contributed by atoms with Crippen molar-refractivity contribution in [3.63, 3.8) is 0 Å². The number of hydrogen-bond donors (Lipinski definition) is 1. The van der Waals surface area contributed by atoms with Crippen molar-refractivity contribution in [1.82, 2.24) is 5.32 Å². The van der Waals surface area contributed by atoms with Gasteiger partial charge in [-0.25, -0.2) is 0 Å². The van der Waals surface area contributed by atoms with Crippen LogP contribution in [0.4, 0.5) is 0 Å². The van der Waals surface area contributed by atoms with Crippen molar-refractivity contribution in [1.29, 1.82) is 0 Å². The number of rotatable bonds is 7. The number of ether oxygens (including phenoxy) is 1. The maximum Gasteiger partial charge on any atom is 0.127 e. The van der Waals surface area contributed by atoms with Crippen molar-refractivity contribution in [2.75, 3.05) is 6.54 Å². The van der Waals surface area contributed by atoms with Gasteiger partial charge in [-0.05, 0) is 54.3 Å². The van der Waals surface area contributed by atoms with Crippen LogP contribution >= 0.6 is 0 Å². The van der Waals surface area contributed by atoms with Crippen LogP contribution in [0.2, 0.25) is 0 Å². The molecule has 0 aliphatic heterocycles. The molecule has 112 valence electrons. The summed E-state index contributed by atoms with van der Waals surface area (Å²) in [5, 5.41) is 3.40. The van der Waals surface area contributed by atoms with Crippen LogP contribution in [0.5, 0.6) is 11.5 Å². The third kappa shape index (κ3) is 4.91. The van der Waals surface area contributed by atoms with Gasteiger partial charge in [0.1, 0.15) is 11.5 Å². The third-order valence-corrected chi connectivity index (χ3v) is 3.46. The largest absolute Gasteiger partial charge is 0.457 e. The van der Waals surface area contributed by atoms with Crippen LogP contribution in [0.3, 0.4) is 0 Å². The maximum absolute atomic E-state index is 5.87. The van der Waals surface area contributed by atoms with Crippen LogP contribution in [-0.4, -0.2) is 6.54 Å². The Kier molecular flexibility index (Phi) is 5.82. The summed E-state index contributed by atoms with van der Waals surface area (Å²) in [6, 6.07) is 16.6. The van der Waals surface area contributed by atoms with Crippen molar-refractivity contribution < 1.29 is 4.74 Å². The zero-order chi connectivity index (χ0) is 15.1. The molecule has 1 N–H and O–H groups in total. The summed E-state index contributed by atoms with van der Waals surface area (Å²) >= 11 is 0. The second kappa shape index (κ2) is 7.84. The summed E-state index contributed by atoms with van der Waals surface area (Å²) in [5.74, 6) is 2.32. The van der Waals surface area contributed by atoms with Gasteiger partial charge >= 0.3 is 0 Å². The molecule has 2 rings (SSSR count). The molecular weight excluding hydrogens is 258 g/mol. The molecule has 0 atom stereocenters. The van der Waals surface area contributed by atoms with Crippen LogP contribution in [-0.2, 0) is 6.54 Å². The SMILES string of the molecule is CCCNCc1ccc(Oc2ccc(C(C)C)cc2)cc1. The van der Waals surface area contributed by atoms with Crippen molar-refractivity contribution >= 4 is 0 Å². The second-order valence-corrected chi connectivity index (χ2v) is 5.65. The molecule has 0 saturated carbocycles. The molecule has 0 radical (unpaired) electrons. The molecule has 0 fully saturated rings. The van der Waals surface area contributed by atoms with E-state index in [0.29, 0.717) is 5.92 Å². The Bertz CT molecular complexity index is 528. The molecule has 0 saturated heterocycles. The molecule has 2 heteroatoms. The number of nitrogens with one attached hydrogen (secondary N) is 1. The highest BCUT2D eigenvalue weighted by Crippen LogP contribution is 2.24. The third-order valence-electron chi connectivity index (χ3n) is 3.46. The minimum atomic E-state index is 0.550. The van der Waals surface area contributed by atoms with E-state index in [2.05, 4.69) is 50.4 Å². The van der Waals surface area contributed by atoms with Crippen LogP contribution in [0.1, 0.15) is 44.2 Å². The quantitative estimate of drug-likeness (QED) is 0.714. The molecule has 0 aromatic heterocycles. The van der Waals surface area contributed by atoms with E-state index in [0.717, 1.165) is 31.0 Å². The first kappa shape index (κ1) is 15.6. The summed E-state index contributed by atoms with van der Waals surface area (Å²) < 4.78 is 5.87. The Morgan fingerprint density at radius 2 is 1.48 bits per heavy atom. The Labute approximate surface area is 128 Å². The predicted molar refractivity (Wildman–Crippen MR) is 89.0 cm³/mol. The Hall–Kier alpha value is -1.80. The van der Waals surface area contributed by atoms with Crippen molar-refractivity contribution in [3.8, 4) is 11.5 Å². The first-order valence-electron chi connectivity index (χ1n) is 7.76. The molecule has 0 amide bonds. The van der Waals surface area contributed by atoms with E-state index < -0.39 is 0 Å². The molecule has 0 aliphatic carbocycles. The highest BCUT2D eigenvalue weighted by Gasteiger charge is 2.01. The lowest BCUT2D eigenvalue weighted by Crippen LogP contribution is -2.13. The molecule has 21 heavy (non-hydrogen) atoms. The topological polar surface area (TPSA) is 21.3 Å². The van der Waals surface area contributed by atoms with E-state index in [4.69, 9.17) is 4.74 Å². The van der Waals surface area contributed by atoms with Crippen molar-refractivity contribution in [2.45, 2.75) is 39.7 Å². The summed E-state index contributed by atoms with van der Waals surface area (Å²) in [4.78, 5) is 0. The number of hydrogen-bond acceptors (Lipinski definition) is 2. The fourth-order valence-corrected chi connectivity index (χ4v) is 2.14. The molecule has 2 aromatic rings. The van der Waals surface area contributed by atoms with Crippen LogP contribution < -0.4 is 10.1 Å². The molecular formula is C19H25NO. The van der Waals surface area contributed by atoms with Gasteiger partial charge in [-0.15, -0.1) is 0 Å². The van der Waals surface area contributed by atoms with Gasteiger partial charge in [0, 0.05) is 6.54 Å². The lowest BCUT2D eigenvalue weighted by molar-refractivity contribution is 0.482. The van der Waals surface area contributed by atoms with Crippen LogP contribution in [0.25, 0.3) is 0 Å². The fraction of sp³-hybridized carbons (Fsp3) is 0.368. The van der Waals surface area contributed by atoms with Gasteiger partial charge in [0.15, 0.2) is 0 Å². The molecule has 2 aromatic carbocycles. The Morgan fingerprint density at radius 3 is 2.00 bits per heavy atom. The zero-order valence-corrected chi connectivity index (χ0v) is 13.2.